The number of aromatic nitrogens is 2. The van der Waals surface area contributed by atoms with E-state index in [1.807, 2.05) is 0 Å². The predicted molar refractivity (Wildman–Crippen MR) is 143 cm³/mol. The van der Waals surface area contributed by atoms with Crippen molar-refractivity contribution < 1.29 is 50.6 Å². The fourth-order valence-electron chi connectivity index (χ4n) is 3.93. The molecule has 17 heteroatoms. The standard InChI is InChI=1S/C22H26N6O.2C2HF3O2/c1-5-19(27-13-9-23-10-14-27)6-2-17(1)21-25-26-22(29-21)18-3-7-20(8-4-18)28-15-11-24-12-16-28;2*3-2(4,5)1(6)7/h1-8,23-24H,9-16H2;2*(H,6,7). The number of hydrogen-bond donors (Lipinski definition) is 4. The highest BCUT2D eigenvalue weighted by atomic mass is 19.4. The van der Waals surface area contributed by atoms with Gasteiger partial charge in [-0.1, -0.05) is 0 Å². The monoisotopic (exact) mass is 618 g/mol. The van der Waals surface area contributed by atoms with E-state index in [1.54, 1.807) is 0 Å². The van der Waals surface area contributed by atoms with Gasteiger partial charge in [-0.2, -0.15) is 26.3 Å². The third-order valence-electron chi connectivity index (χ3n) is 6.10. The molecule has 0 unspecified atom stereocenters. The summed E-state index contributed by atoms with van der Waals surface area (Å²) in [6.45, 7) is 8.26. The molecule has 3 heterocycles. The summed E-state index contributed by atoms with van der Waals surface area (Å²) in [7, 11) is 0. The number of carbonyl (C=O) groups is 2. The van der Waals surface area contributed by atoms with E-state index < -0.39 is 24.3 Å². The molecule has 1 aromatic heterocycles. The Balaban J connectivity index is 0.000000303. The quantitative estimate of drug-likeness (QED) is 0.319. The summed E-state index contributed by atoms with van der Waals surface area (Å²) < 4.78 is 69.4. The zero-order valence-electron chi connectivity index (χ0n) is 22.5. The van der Waals surface area contributed by atoms with Gasteiger partial charge in [-0.05, 0) is 48.5 Å². The Hall–Kier alpha value is -4.38. The van der Waals surface area contributed by atoms with E-state index in [9.17, 15) is 26.3 Å². The molecule has 0 aliphatic carbocycles. The van der Waals surface area contributed by atoms with Crippen LogP contribution in [0, 0.1) is 0 Å². The summed E-state index contributed by atoms with van der Waals surface area (Å²) in [5.74, 6) is -4.41. The van der Waals surface area contributed by atoms with Crippen molar-refractivity contribution in [2.24, 2.45) is 0 Å². The molecule has 0 saturated carbocycles. The first-order chi connectivity index (χ1) is 20.3. The number of rotatable bonds is 4. The summed E-state index contributed by atoms with van der Waals surface area (Å²) in [6, 6.07) is 16.8. The van der Waals surface area contributed by atoms with Crippen LogP contribution in [0.5, 0.6) is 0 Å². The van der Waals surface area contributed by atoms with Crippen LogP contribution in [-0.4, -0.2) is 97.1 Å². The minimum atomic E-state index is -5.08. The number of benzene rings is 2. The summed E-state index contributed by atoms with van der Waals surface area (Å²) in [4.78, 5) is 22.6. The van der Waals surface area contributed by atoms with Crippen molar-refractivity contribution >= 4 is 23.3 Å². The van der Waals surface area contributed by atoms with E-state index in [4.69, 9.17) is 24.2 Å². The molecule has 234 valence electrons. The van der Waals surface area contributed by atoms with Gasteiger partial charge < -0.3 is 35.1 Å². The Morgan fingerprint density at radius 2 is 0.907 bits per heavy atom. The molecule has 0 spiro atoms. The van der Waals surface area contributed by atoms with E-state index in [2.05, 4.69) is 79.2 Å². The highest BCUT2D eigenvalue weighted by molar-refractivity contribution is 5.73. The van der Waals surface area contributed by atoms with Crippen LogP contribution >= 0.6 is 0 Å². The van der Waals surface area contributed by atoms with Crippen LogP contribution in [0.4, 0.5) is 37.7 Å². The number of anilines is 2. The molecule has 0 bridgehead atoms. The first-order valence-electron chi connectivity index (χ1n) is 12.8. The Morgan fingerprint density at radius 1 is 0.628 bits per heavy atom. The second-order valence-corrected chi connectivity index (χ2v) is 9.09. The van der Waals surface area contributed by atoms with Crippen molar-refractivity contribution in [1.29, 1.82) is 0 Å². The number of piperazine rings is 2. The van der Waals surface area contributed by atoms with Gasteiger partial charge in [0.05, 0.1) is 0 Å². The zero-order chi connectivity index (χ0) is 31.6. The average molecular weight is 619 g/mol. The molecule has 2 saturated heterocycles. The third-order valence-corrected chi connectivity index (χ3v) is 6.10. The van der Waals surface area contributed by atoms with Crippen LogP contribution in [0.2, 0.25) is 0 Å². The summed E-state index contributed by atoms with van der Waals surface area (Å²) in [6.07, 6.45) is -10.2. The number of carboxylic acid groups (broad SMARTS) is 2. The van der Waals surface area contributed by atoms with Crippen LogP contribution < -0.4 is 20.4 Å². The maximum atomic E-state index is 10.6. The first kappa shape index (κ1) is 33.1. The van der Waals surface area contributed by atoms with Crippen molar-refractivity contribution in [3.05, 3.63) is 48.5 Å². The Bertz CT molecular complexity index is 1220. The molecule has 4 N–H and O–H groups in total. The van der Waals surface area contributed by atoms with Crippen LogP contribution in [0.25, 0.3) is 22.9 Å². The van der Waals surface area contributed by atoms with E-state index in [1.165, 1.54) is 11.4 Å². The van der Waals surface area contributed by atoms with Gasteiger partial charge in [0.25, 0.3) is 0 Å². The maximum Gasteiger partial charge on any atom is 0.490 e. The van der Waals surface area contributed by atoms with Crippen LogP contribution in [0.15, 0.2) is 52.9 Å². The van der Waals surface area contributed by atoms with Crippen LogP contribution in [0.1, 0.15) is 0 Å². The third kappa shape index (κ3) is 10.1. The molecule has 43 heavy (non-hydrogen) atoms. The molecule has 0 amide bonds. The number of carboxylic acids is 2. The van der Waals surface area contributed by atoms with E-state index in [0.29, 0.717) is 11.8 Å². The smallest absolute Gasteiger partial charge is 0.475 e. The van der Waals surface area contributed by atoms with Crippen molar-refractivity contribution in [1.82, 2.24) is 20.8 Å². The van der Waals surface area contributed by atoms with Gasteiger partial charge in [0.1, 0.15) is 0 Å². The SMILES string of the molecule is O=C(O)C(F)(F)F.O=C(O)C(F)(F)F.c1cc(N2CCNCC2)ccc1-c1nnc(-c2ccc(N3CCNCC3)cc2)o1. The molecule has 11 nitrogen and oxygen atoms in total. The van der Waals surface area contributed by atoms with Crippen molar-refractivity contribution in [2.75, 3.05) is 62.2 Å². The molecule has 3 aromatic rings. The van der Waals surface area contributed by atoms with E-state index in [0.717, 1.165) is 63.5 Å². The minimum Gasteiger partial charge on any atom is -0.475 e. The molecule has 0 atom stereocenters. The molecular formula is C26H28F6N6O5. The van der Waals surface area contributed by atoms with E-state index in [-0.39, 0.29) is 0 Å². The summed E-state index contributed by atoms with van der Waals surface area (Å²) in [5, 5.41) is 29.5. The lowest BCUT2D eigenvalue weighted by Gasteiger charge is -2.29. The minimum absolute atomic E-state index is 0.554. The van der Waals surface area contributed by atoms with Crippen molar-refractivity contribution in [3.63, 3.8) is 0 Å². The highest BCUT2D eigenvalue weighted by Gasteiger charge is 2.38. The second kappa shape index (κ2) is 14.7. The van der Waals surface area contributed by atoms with Gasteiger partial charge in [-0.25, -0.2) is 9.59 Å². The zero-order valence-corrected chi connectivity index (χ0v) is 22.5. The molecular weight excluding hydrogens is 590 g/mol. The van der Waals surface area contributed by atoms with Crippen LogP contribution in [0.3, 0.4) is 0 Å². The lowest BCUT2D eigenvalue weighted by atomic mass is 10.1. The first-order valence-corrected chi connectivity index (χ1v) is 12.8. The van der Waals surface area contributed by atoms with Gasteiger partial charge in [0.2, 0.25) is 11.8 Å². The molecule has 2 aliphatic rings. The maximum absolute atomic E-state index is 10.6. The van der Waals surface area contributed by atoms with Crippen molar-refractivity contribution in [2.45, 2.75) is 12.4 Å². The van der Waals surface area contributed by atoms with Gasteiger partial charge in [0.15, 0.2) is 0 Å². The molecule has 5 rings (SSSR count). The number of nitrogens with one attached hydrogen (secondary N) is 2. The number of alkyl halides is 6. The highest BCUT2D eigenvalue weighted by Crippen LogP contribution is 2.27. The lowest BCUT2D eigenvalue weighted by Crippen LogP contribution is -2.43. The Labute approximate surface area is 241 Å². The Kier molecular flexibility index (Phi) is 11.3. The number of hydrogen-bond acceptors (Lipinski definition) is 9. The molecule has 2 aliphatic heterocycles. The number of halogens is 6. The van der Waals surface area contributed by atoms with Gasteiger partial charge >= 0.3 is 24.3 Å². The van der Waals surface area contributed by atoms with Gasteiger partial charge in [-0.3, -0.25) is 0 Å². The van der Waals surface area contributed by atoms with E-state index >= 15 is 0 Å². The second-order valence-electron chi connectivity index (χ2n) is 9.09. The van der Waals surface area contributed by atoms with Crippen LogP contribution in [-0.2, 0) is 9.59 Å². The molecule has 2 aromatic carbocycles. The average Bonchev–Trinajstić information content (AvgIpc) is 3.48. The predicted octanol–water partition coefficient (Wildman–Crippen LogP) is 3.49. The normalized spacial score (nSPS) is 15.5. The topological polar surface area (TPSA) is 144 Å². The Morgan fingerprint density at radius 3 is 1.16 bits per heavy atom. The fourth-order valence-corrected chi connectivity index (χ4v) is 3.93. The fraction of sp³-hybridized carbons (Fsp3) is 0.385. The van der Waals surface area contributed by atoms with Gasteiger partial charge in [0, 0.05) is 74.9 Å². The summed E-state index contributed by atoms with van der Waals surface area (Å²) in [5.41, 5.74) is 4.36. The lowest BCUT2D eigenvalue weighted by molar-refractivity contribution is -0.193. The molecule has 2 fully saturated rings. The largest absolute Gasteiger partial charge is 0.490 e. The van der Waals surface area contributed by atoms with Gasteiger partial charge in [-0.15, -0.1) is 10.2 Å². The number of aliphatic carboxylic acids is 2. The molecule has 0 radical (unpaired) electrons. The summed E-state index contributed by atoms with van der Waals surface area (Å²) >= 11 is 0. The van der Waals surface area contributed by atoms with Crippen molar-refractivity contribution in [3.8, 4) is 22.9 Å². The number of nitrogens with zero attached hydrogens (tertiary/aromatic N) is 4.